The minimum atomic E-state index is -0.442. The third-order valence-electron chi connectivity index (χ3n) is 4.52. The second-order valence-corrected chi connectivity index (χ2v) is 6.31. The summed E-state index contributed by atoms with van der Waals surface area (Å²) in [7, 11) is 1.41. The molecule has 26 heavy (non-hydrogen) atoms. The maximum absolute atomic E-state index is 13.3. The van der Waals surface area contributed by atoms with Crippen molar-refractivity contribution < 1.29 is 18.7 Å². The highest BCUT2D eigenvalue weighted by Crippen LogP contribution is 2.27. The summed E-state index contributed by atoms with van der Waals surface area (Å²) >= 11 is 0. The fourth-order valence-corrected chi connectivity index (χ4v) is 3.08. The number of rotatable bonds is 6. The molecule has 1 N–H and O–H groups in total. The number of nitrogens with one attached hydrogen (secondary N) is 1. The van der Waals surface area contributed by atoms with Gasteiger partial charge in [0.2, 0.25) is 11.8 Å². The quantitative estimate of drug-likeness (QED) is 0.866. The Labute approximate surface area is 151 Å². The third kappa shape index (κ3) is 4.20. The van der Waals surface area contributed by atoms with E-state index in [1.54, 1.807) is 4.90 Å². The minimum absolute atomic E-state index is 0.0212. The van der Waals surface area contributed by atoms with E-state index in [9.17, 15) is 14.0 Å². The number of methoxy groups -OCH3 is 1. The van der Waals surface area contributed by atoms with Gasteiger partial charge in [0.05, 0.1) is 18.7 Å². The van der Waals surface area contributed by atoms with Crippen LogP contribution in [0.3, 0.4) is 0 Å². The van der Waals surface area contributed by atoms with Crippen molar-refractivity contribution in [2.24, 2.45) is 5.92 Å². The summed E-state index contributed by atoms with van der Waals surface area (Å²) in [6, 6.07) is 13.8. The molecular formula is C20H21FN2O3. The van der Waals surface area contributed by atoms with Crippen molar-refractivity contribution in [2.45, 2.75) is 12.8 Å². The van der Waals surface area contributed by atoms with Crippen LogP contribution in [-0.2, 0) is 16.0 Å². The lowest BCUT2D eigenvalue weighted by Gasteiger charge is -2.17. The topological polar surface area (TPSA) is 58.6 Å². The van der Waals surface area contributed by atoms with Crippen LogP contribution in [0, 0.1) is 11.7 Å². The number of anilines is 1. The Bertz CT molecular complexity index is 795. The molecule has 1 heterocycles. The van der Waals surface area contributed by atoms with Gasteiger partial charge in [-0.15, -0.1) is 0 Å². The number of carbonyl (C=O) groups excluding carboxylic acids is 2. The SMILES string of the molecule is COc1cc(F)ccc1NC(=O)C1CC(=O)N(CCc2ccccc2)C1. The van der Waals surface area contributed by atoms with E-state index >= 15 is 0 Å². The van der Waals surface area contributed by atoms with Crippen molar-refractivity contribution in [1.82, 2.24) is 4.90 Å². The second-order valence-electron chi connectivity index (χ2n) is 6.31. The van der Waals surface area contributed by atoms with Gasteiger partial charge in [0.1, 0.15) is 11.6 Å². The standard InChI is InChI=1S/C20H21FN2O3/c1-26-18-12-16(21)7-8-17(18)22-20(25)15-11-19(24)23(13-15)10-9-14-5-3-2-4-6-14/h2-8,12,15H,9-11,13H2,1H3,(H,22,25). The molecular weight excluding hydrogens is 335 g/mol. The number of hydrogen-bond acceptors (Lipinski definition) is 3. The zero-order valence-corrected chi connectivity index (χ0v) is 14.6. The van der Waals surface area contributed by atoms with Gasteiger partial charge in [0, 0.05) is 25.6 Å². The highest BCUT2D eigenvalue weighted by molar-refractivity contribution is 5.98. The molecule has 1 unspecified atom stereocenters. The lowest BCUT2D eigenvalue weighted by atomic mass is 10.1. The first-order valence-corrected chi connectivity index (χ1v) is 8.53. The summed E-state index contributed by atoms with van der Waals surface area (Å²) in [6.45, 7) is 0.980. The number of nitrogens with zero attached hydrogens (tertiary/aromatic N) is 1. The van der Waals surface area contributed by atoms with Crippen LogP contribution in [0.4, 0.5) is 10.1 Å². The van der Waals surface area contributed by atoms with E-state index in [0.717, 1.165) is 12.0 Å². The van der Waals surface area contributed by atoms with Gasteiger partial charge in [-0.1, -0.05) is 30.3 Å². The molecule has 1 fully saturated rings. The number of ether oxygens (including phenoxy) is 1. The average Bonchev–Trinajstić information content (AvgIpc) is 3.03. The van der Waals surface area contributed by atoms with Crippen LogP contribution in [0.15, 0.2) is 48.5 Å². The molecule has 3 rings (SSSR count). The van der Waals surface area contributed by atoms with Gasteiger partial charge in [-0.2, -0.15) is 0 Å². The van der Waals surface area contributed by atoms with Crippen LogP contribution in [0.25, 0.3) is 0 Å². The molecule has 1 aliphatic rings. The molecule has 0 radical (unpaired) electrons. The predicted molar refractivity (Wildman–Crippen MR) is 96.4 cm³/mol. The molecule has 2 aromatic carbocycles. The normalized spacial score (nSPS) is 16.6. The number of carbonyl (C=O) groups is 2. The van der Waals surface area contributed by atoms with Crippen LogP contribution in [0.2, 0.25) is 0 Å². The first-order chi connectivity index (χ1) is 12.6. The molecule has 0 spiro atoms. The summed E-state index contributed by atoms with van der Waals surface area (Å²) in [4.78, 5) is 26.4. The molecule has 0 bridgehead atoms. The van der Waals surface area contributed by atoms with Crippen LogP contribution in [0.1, 0.15) is 12.0 Å². The van der Waals surface area contributed by atoms with E-state index in [4.69, 9.17) is 4.74 Å². The van der Waals surface area contributed by atoms with E-state index < -0.39 is 11.7 Å². The monoisotopic (exact) mass is 356 g/mol. The largest absolute Gasteiger partial charge is 0.494 e. The average molecular weight is 356 g/mol. The third-order valence-corrected chi connectivity index (χ3v) is 4.52. The van der Waals surface area contributed by atoms with E-state index in [1.165, 1.54) is 25.3 Å². The van der Waals surface area contributed by atoms with Gasteiger partial charge in [-0.25, -0.2) is 4.39 Å². The molecule has 0 aromatic heterocycles. The highest BCUT2D eigenvalue weighted by atomic mass is 19.1. The molecule has 1 aliphatic heterocycles. The van der Waals surface area contributed by atoms with E-state index in [1.807, 2.05) is 30.3 Å². The zero-order chi connectivity index (χ0) is 18.5. The van der Waals surface area contributed by atoms with Crippen LogP contribution in [0.5, 0.6) is 5.75 Å². The van der Waals surface area contributed by atoms with Crippen LogP contribution >= 0.6 is 0 Å². The van der Waals surface area contributed by atoms with E-state index in [-0.39, 0.29) is 24.0 Å². The fraction of sp³-hybridized carbons (Fsp3) is 0.300. The molecule has 2 amide bonds. The Morgan fingerprint density at radius 1 is 1.27 bits per heavy atom. The van der Waals surface area contributed by atoms with Crippen LogP contribution in [-0.4, -0.2) is 36.9 Å². The smallest absolute Gasteiger partial charge is 0.229 e. The fourth-order valence-electron chi connectivity index (χ4n) is 3.08. The summed E-state index contributed by atoms with van der Waals surface area (Å²) in [5.74, 6) is -0.891. The second kappa shape index (κ2) is 7.99. The van der Waals surface area contributed by atoms with Gasteiger partial charge < -0.3 is 15.0 Å². The van der Waals surface area contributed by atoms with Gasteiger partial charge in [-0.05, 0) is 24.1 Å². The molecule has 1 atom stereocenters. The minimum Gasteiger partial charge on any atom is -0.494 e. The summed E-state index contributed by atoms with van der Waals surface area (Å²) in [5, 5.41) is 2.74. The van der Waals surface area contributed by atoms with E-state index in [0.29, 0.717) is 18.8 Å². The Balaban J connectivity index is 1.58. The van der Waals surface area contributed by atoms with Crippen molar-refractivity contribution in [3.63, 3.8) is 0 Å². The van der Waals surface area contributed by atoms with Gasteiger partial charge >= 0.3 is 0 Å². The molecule has 1 saturated heterocycles. The summed E-state index contributed by atoms with van der Waals surface area (Å²) < 4.78 is 18.3. The highest BCUT2D eigenvalue weighted by Gasteiger charge is 2.34. The number of likely N-dealkylation sites (tertiary alicyclic amines) is 1. The maximum atomic E-state index is 13.3. The molecule has 6 heteroatoms. The van der Waals surface area contributed by atoms with Crippen molar-refractivity contribution in [3.05, 3.63) is 59.9 Å². The predicted octanol–water partition coefficient (Wildman–Crippen LogP) is 2.86. The first kappa shape index (κ1) is 17.9. The van der Waals surface area contributed by atoms with Crippen molar-refractivity contribution in [2.75, 3.05) is 25.5 Å². The van der Waals surface area contributed by atoms with Crippen molar-refractivity contribution in [1.29, 1.82) is 0 Å². The number of halogens is 1. The first-order valence-electron chi connectivity index (χ1n) is 8.53. The lowest BCUT2D eigenvalue weighted by molar-refractivity contribution is -0.128. The number of hydrogen-bond donors (Lipinski definition) is 1. The maximum Gasteiger partial charge on any atom is 0.229 e. The van der Waals surface area contributed by atoms with Crippen molar-refractivity contribution in [3.8, 4) is 5.75 Å². The summed E-state index contributed by atoms with van der Waals surface area (Å²) in [5.41, 5.74) is 1.55. The number of benzene rings is 2. The number of amides is 2. The van der Waals surface area contributed by atoms with Gasteiger partial charge in [-0.3, -0.25) is 9.59 Å². The Hall–Kier alpha value is -2.89. The Kier molecular flexibility index (Phi) is 5.51. The molecule has 2 aromatic rings. The molecule has 5 nitrogen and oxygen atoms in total. The Morgan fingerprint density at radius 3 is 2.77 bits per heavy atom. The van der Waals surface area contributed by atoms with E-state index in [2.05, 4.69) is 5.32 Å². The van der Waals surface area contributed by atoms with Gasteiger partial charge in [0.15, 0.2) is 0 Å². The zero-order valence-electron chi connectivity index (χ0n) is 14.6. The molecule has 136 valence electrons. The molecule has 0 aliphatic carbocycles. The van der Waals surface area contributed by atoms with Gasteiger partial charge in [0.25, 0.3) is 0 Å². The van der Waals surface area contributed by atoms with Crippen LogP contribution < -0.4 is 10.1 Å². The summed E-state index contributed by atoms with van der Waals surface area (Å²) in [6.07, 6.45) is 0.941. The van der Waals surface area contributed by atoms with Crippen molar-refractivity contribution >= 4 is 17.5 Å². The molecule has 0 saturated carbocycles. The lowest BCUT2D eigenvalue weighted by Crippen LogP contribution is -2.30. The Morgan fingerprint density at radius 2 is 2.04 bits per heavy atom.